The molecular formula is C12H13ClN4O2. The van der Waals surface area contributed by atoms with E-state index in [4.69, 9.17) is 26.7 Å². The van der Waals surface area contributed by atoms with Crippen LogP contribution in [-0.2, 0) is 9.57 Å². The highest BCUT2D eigenvalue weighted by molar-refractivity contribution is 6.30. The predicted molar refractivity (Wildman–Crippen MR) is 72.0 cm³/mol. The van der Waals surface area contributed by atoms with Crippen molar-refractivity contribution in [2.75, 3.05) is 6.61 Å². The van der Waals surface area contributed by atoms with Crippen molar-refractivity contribution in [3.8, 4) is 0 Å². The molecule has 0 spiro atoms. The topological polar surface area (TPSA) is 79.6 Å². The molecule has 0 saturated carbocycles. The zero-order valence-corrected chi connectivity index (χ0v) is 11.1. The Hall–Kier alpha value is -1.75. The molecule has 2 atom stereocenters. The van der Waals surface area contributed by atoms with Gasteiger partial charge in [-0.25, -0.2) is 0 Å². The van der Waals surface area contributed by atoms with Crippen LogP contribution >= 0.6 is 11.6 Å². The molecule has 0 aromatic heterocycles. The quantitative estimate of drug-likeness (QED) is 0.480. The molecule has 19 heavy (non-hydrogen) atoms. The molecule has 1 heterocycles. The lowest BCUT2D eigenvalue weighted by molar-refractivity contribution is -0.149. The van der Waals surface area contributed by atoms with E-state index in [9.17, 15) is 0 Å². The summed E-state index contributed by atoms with van der Waals surface area (Å²) in [5.41, 5.74) is 10.0. The number of oxime groups is 1. The van der Waals surface area contributed by atoms with Crippen molar-refractivity contribution < 1.29 is 9.57 Å². The monoisotopic (exact) mass is 280 g/mol. The van der Waals surface area contributed by atoms with E-state index in [1.807, 2.05) is 19.1 Å². The molecule has 0 amide bonds. The van der Waals surface area contributed by atoms with Gasteiger partial charge in [0.2, 0.25) is 6.29 Å². The molecule has 0 N–H and O–H groups in total. The Balaban J connectivity index is 2.26. The maximum Gasteiger partial charge on any atom is 0.227 e. The highest BCUT2D eigenvalue weighted by atomic mass is 35.5. The Kier molecular flexibility index (Phi) is 4.63. The average Bonchev–Trinajstić information content (AvgIpc) is 2.41. The first kappa shape index (κ1) is 13.7. The van der Waals surface area contributed by atoms with Crippen LogP contribution in [0.2, 0.25) is 5.02 Å². The largest absolute Gasteiger partial charge is 0.363 e. The Morgan fingerprint density at radius 2 is 2.26 bits per heavy atom. The standard InChI is InChI=1S/C12H13ClN4O2/c1-2-18-11-7-10(15-17-14)12(16-19-11)8-3-5-9(13)6-4-8/h3-6,10-11H,2,7H2,1H3/t10-,11+/m1/s1. The van der Waals surface area contributed by atoms with Crippen LogP contribution < -0.4 is 0 Å². The summed E-state index contributed by atoms with van der Waals surface area (Å²) in [5, 5.41) is 8.40. The molecule has 0 bridgehead atoms. The van der Waals surface area contributed by atoms with E-state index >= 15 is 0 Å². The first-order chi connectivity index (χ1) is 9.24. The van der Waals surface area contributed by atoms with Gasteiger partial charge in [-0.05, 0) is 30.2 Å². The van der Waals surface area contributed by atoms with Crippen molar-refractivity contribution in [1.29, 1.82) is 0 Å². The van der Waals surface area contributed by atoms with Crippen LogP contribution in [0.4, 0.5) is 0 Å². The molecule has 0 saturated heterocycles. The summed E-state index contributed by atoms with van der Waals surface area (Å²) < 4.78 is 5.33. The van der Waals surface area contributed by atoms with Gasteiger partial charge >= 0.3 is 0 Å². The van der Waals surface area contributed by atoms with Crippen LogP contribution in [0.3, 0.4) is 0 Å². The molecule has 1 aromatic carbocycles. The Labute approximate surface area is 115 Å². The molecule has 1 aromatic rings. The lowest BCUT2D eigenvalue weighted by atomic mass is 10.0. The average molecular weight is 281 g/mol. The molecule has 6 nitrogen and oxygen atoms in total. The van der Waals surface area contributed by atoms with Gasteiger partial charge in [0.25, 0.3) is 0 Å². The van der Waals surface area contributed by atoms with Gasteiger partial charge in [-0.15, -0.1) is 0 Å². The number of halogens is 1. The van der Waals surface area contributed by atoms with Crippen molar-refractivity contribution in [1.82, 2.24) is 0 Å². The fourth-order valence-corrected chi connectivity index (χ4v) is 1.95. The van der Waals surface area contributed by atoms with Crippen molar-refractivity contribution in [3.05, 3.63) is 45.3 Å². The van der Waals surface area contributed by atoms with Crippen LogP contribution in [0, 0.1) is 0 Å². The molecule has 0 fully saturated rings. The normalized spacial score (nSPS) is 22.1. The zero-order valence-electron chi connectivity index (χ0n) is 10.4. The number of azide groups is 1. The smallest absolute Gasteiger partial charge is 0.227 e. The van der Waals surface area contributed by atoms with E-state index in [1.54, 1.807) is 12.1 Å². The fraction of sp³-hybridized carbons (Fsp3) is 0.417. The van der Waals surface area contributed by atoms with Gasteiger partial charge in [-0.2, -0.15) is 0 Å². The molecule has 1 aliphatic heterocycles. The van der Waals surface area contributed by atoms with Crippen LogP contribution in [0.5, 0.6) is 0 Å². The number of rotatable bonds is 4. The Morgan fingerprint density at radius 3 is 2.89 bits per heavy atom. The minimum absolute atomic E-state index is 0.406. The number of hydrogen-bond acceptors (Lipinski definition) is 4. The maximum atomic E-state index is 8.64. The third kappa shape index (κ3) is 3.38. The summed E-state index contributed by atoms with van der Waals surface area (Å²) in [6, 6.07) is 6.72. The van der Waals surface area contributed by atoms with Gasteiger partial charge in [0.05, 0.1) is 11.8 Å². The number of hydrogen-bond donors (Lipinski definition) is 0. The molecule has 0 radical (unpaired) electrons. The number of ether oxygens (including phenoxy) is 1. The Morgan fingerprint density at radius 1 is 1.53 bits per heavy atom. The molecular weight excluding hydrogens is 268 g/mol. The Bertz CT molecular complexity index is 511. The second-order valence-corrected chi connectivity index (χ2v) is 4.37. The molecule has 7 heteroatoms. The predicted octanol–water partition coefficient (Wildman–Crippen LogP) is 3.51. The summed E-state index contributed by atoms with van der Waals surface area (Å²) in [5.74, 6) is 0. The van der Waals surface area contributed by atoms with E-state index < -0.39 is 12.3 Å². The lowest BCUT2D eigenvalue weighted by Crippen LogP contribution is -2.32. The van der Waals surface area contributed by atoms with Crippen LogP contribution in [-0.4, -0.2) is 24.7 Å². The summed E-state index contributed by atoms with van der Waals surface area (Å²) in [7, 11) is 0. The van der Waals surface area contributed by atoms with Crippen molar-refractivity contribution in [2.24, 2.45) is 10.3 Å². The third-order valence-electron chi connectivity index (χ3n) is 2.68. The van der Waals surface area contributed by atoms with E-state index in [2.05, 4.69) is 15.2 Å². The summed E-state index contributed by atoms with van der Waals surface area (Å²) in [6.45, 7) is 2.38. The molecule has 0 unspecified atom stereocenters. The molecule has 2 rings (SSSR count). The van der Waals surface area contributed by atoms with Gasteiger partial charge < -0.3 is 9.57 Å². The lowest BCUT2D eigenvalue weighted by Gasteiger charge is -2.25. The molecule has 100 valence electrons. The fourth-order valence-electron chi connectivity index (χ4n) is 1.83. The first-order valence-corrected chi connectivity index (χ1v) is 6.28. The number of nitrogens with zero attached hydrogens (tertiary/aromatic N) is 4. The summed E-state index contributed by atoms with van der Waals surface area (Å²) in [6.07, 6.45) is -0.0316. The van der Waals surface area contributed by atoms with Gasteiger partial charge in [-0.1, -0.05) is 34.0 Å². The highest BCUT2D eigenvalue weighted by Crippen LogP contribution is 2.21. The van der Waals surface area contributed by atoms with Gasteiger partial charge in [0.1, 0.15) is 0 Å². The van der Waals surface area contributed by atoms with Crippen LogP contribution in [0.15, 0.2) is 34.5 Å². The first-order valence-electron chi connectivity index (χ1n) is 5.90. The van der Waals surface area contributed by atoms with Crippen molar-refractivity contribution in [2.45, 2.75) is 25.7 Å². The molecule has 1 aliphatic rings. The SMILES string of the molecule is CCO[C@@H]1C[C@@H](N=[N+]=[N-])C(c2ccc(Cl)cc2)=NO1. The molecule has 0 aliphatic carbocycles. The number of benzene rings is 1. The van der Waals surface area contributed by atoms with Crippen LogP contribution in [0.1, 0.15) is 18.9 Å². The summed E-state index contributed by atoms with van der Waals surface area (Å²) in [4.78, 5) is 8.10. The second kappa shape index (κ2) is 6.43. The van der Waals surface area contributed by atoms with Gasteiger partial charge in [0.15, 0.2) is 0 Å². The van der Waals surface area contributed by atoms with E-state index in [-0.39, 0.29) is 0 Å². The summed E-state index contributed by atoms with van der Waals surface area (Å²) >= 11 is 5.84. The van der Waals surface area contributed by atoms with Crippen molar-refractivity contribution in [3.63, 3.8) is 0 Å². The minimum atomic E-state index is -0.475. The second-order valence-electron chi connectivity index (χ2n) is 3.93. The highest BCUT2D eigenvalue weighted by Gasteiger charge is 2.28. The van der Waals surface area contributed by atoms with E-state index in [1.165, 1.54) is 0 Å². The zero-order chi connectivity index (χ0) is 13.7. The van der Waals surface area contributed by atoms with Gasteiger partial charge in [-0.3, -0.25) is 0 Å². The minimum Gasteiger partial charge on any atom is -0.363 e. The van der Waals surface area contributed by atoms with Crippen molar-refractivity contribution >= 4 is 17.3 Å². The van der Waals surface area contributed by atoms with Crippen LogP contribution in [0.25, 0.3) is 10.4 Å². The maximum absolute atomic E-state index is 8.64. The van der Waals surface area contributed by atoms with Gasteiger partial charge in [0, 0.05) is 23.0 Å². The third-order valence-corrected chi connectivity index (χ3v) is 2.94. The van der Waals surface area contributed by atoms with E-state index in [0.717, 1.165) is 5.56 Å². The van der Waals surface area contributed by atoms with E-state index in [0.29, 0.717) is 23.8 Å².